The van der Waals surface area contributed by atoms with E-state index < -0.39 is 94.6 Å². The van der Waals surface area contributed by atoms with E-state index in [0.29, 0.717) is 12.0 Å². The van der Waals surface area contributed by atoms with Gasteiger partial charge in [-0.15, -0.1) is 0 Å². The number of Topliss-reactive ketones (excluding diaryl/α,β-unsaturated/α-hetero) is 2. The zero-order valence-corrected chi connectivity index (χ0v) is 28.3. The molecule has 0 spiro atoms. The van der Waals surface area contributed by atoms with Gasteiger partial charge in [0.05, 0.1) is 23.9 Å². The first-order valence-electron chi connectivity index (χ1n) is 16.5. The molecule has 12 heteroatoms. The number of hydrogen-bond acceptors (Lipinski definition) is 12. The van der Waals surface area contributed by atoms with Crippen molar-refractivity contribution < 1.29 is 59.9 Å². The SMILES string of the molecule is CC1=C(O[C@@H]2O[C@H](CO)[C@@H](O)[C@H](O)[C@H]2O)C(=O)C[C@H]2C1=CC[C@@H]1[C@@]2(C)C(=O)C[C@]2(C)[C@@H]([C@@](C)(O)[C@@H](O)/C=C/C(C)(C)O)[C@H](O)C[C@@]12C. The second-order valence-electron chi connectivity index (χ2n) is 16.0. The lowest BCUT2D eigenvalue weighted by Crippen LogP contribution is -2.64. The largest absolute Gasteiger partial charge is 0.458 e. The number of ketones is 2. The number of allylic oxidation sites excluding steroid dienone is 4. The van der Waals surface area contributed by atoms with Gasteiger partial charge in [0.15, 0.2) is 11.5 Å². The van der Waals surface area contributed by atoms with Gasteiger partial charge in [0.2, 0.25) is 6.29 Å². The highest BCUT2D eigenvalue weighted by atomic mass is 16.7. The number of rotatable bonds is 7. The molecular formula is C35H52O12. The van der Waals surface area contributed by atoms with E-state index in [1.165, 1.54) is 32.9 Å². The number of aliphatic hydroxyl groups is 8. The predicted molar refractivity (Wildman–Crippen MR) is 167 cm³/mol. The molecule has 264 valence electrons. The summed E-state index contributed by atoms with van der Waals surface area (Å²) in [5, 5.41) is 85.1. The molecule has 14 atom stereocenters. The van der Waals surface area contributed by atoms with Crippen LogP contribution in [0.1, 0.15) is 74.1 Å². The summed E-state index contributed by atoms with van der Waals surface area (Å²) in [6.07, 6.45) is -4.84. The Balaban J connectivity index is 1.49. The van der Waals surface area contributed by atoms with Crippen LogP contribution in [0.5, 0.6) is 0 Å². The van der Waals surface area contributed by atoms with Crippen LogP contribution in [0.4, 0.5) is 0 Å². The molecular weight excluding hydrogens is 612 g/mol. The van der Waals surface area contributed by atoms with Gasteiger partial charge in [0.25, 0.3) is 0 Å². The van der Waals surface area contributed by atoms with Crippen molar-refractivity contribution in [1.82, 2.24) is 0 Å². The fourth-order valence-corrected chi connectivity index (χ4v) is 9.98. The Morgan fingerprint density at radius 1 is 1.04 bits per heavy atom. The van der Waals surface area contributed by atoms with Crippen molar-refractivity contribution >= 4 is 11.6 Å². The van der Waals surface area contributed by atoms with E-state index in [2.05, 4.69) is 0 Å². The smallest absolute Gasteiger partial charge is 0.229 e. The summed E-state index contributed by atoms with van der Waals surface area (Å²) in [6, 6.07) is 0. The van der Waals surface area contributed by atoms with Crippen LogP contribution in [-0.2, 0) is 19.1 Å². The van der Waals surface area contributed by atoms with Crippen LogP contribution in [0.25, 0.3) is 0 Å². The highest BCUT2D eigenvalue weighted by Crippen LogP contribution is 2.73. The third-order valence-electron chi connectivity index (χ3n) is 12.7. The van der Waals surface area contributed by atoms with Gasteiger partial charge in [-0.25, -0.2) is 0 Å². The molecule has 4 aliphatic carbocycles. The Morgan fingerprint density at radius 2 is 1.68 bits per heavy atom. The summed E-state index contributed by atoms with van der Waals surface area (Å²) in [5.74, 6) is -2.32. The lowest BCUT2D eigenvalue weighted by atomic mass is 9.39. The van der Waals surface area contributed by atoms with Gasteiger partial charge >= 0.3 is 0 Å². The van der Waals surface area contributed by atoms with Crippen LogP contribution in [0.15, 0.2) is 35.1 Å². The van der Waals surface area contributed by atoms with Crippen LogP contribution >= 0.6 is 0 Å². The minimum atomic E-state index is -1.84. The summed E-state index contributed by atoms with van der Waals surface area (Å²) >= 11 is 0. The summed E-state index contributed by atoms with van der Waals surface area (Å²) in [4.78, 5) is 28.2. The van der Waals surface area contributed by atoms with Crippen molar-refractivity contribution in [3.63, 3.8) is 0 Å². The Kier molecular flexibility index (Phi) is 9.12. The first kappa shape index (κ1) is 36.3. The average Bonchev–Trinajstić information content (AvgIpc) is 3.18. The van der Waals surface area contributed by atoms with Gasteiger partial charge in [0, 0.05) is 30.1 Å². The van der Waals surface area contributed by atoms with E-state index in [4.69, 9.17) is 9.47 Å². The van der Waals surface area contributed by atoms with Crippen molar-refractivity contribution in [3.8, 4) is 0 Å². The Bertz CT molecular complexity index is 1370. The first-order chi connectivity index (χ1) is 21.6. The number of ether oxygens (including phenoxy) is 2. The van der Waals surface area contributed by atoms with E-state index in [1.807, 2.05) is 26.8 Å². The summed E-state index contributed by atoms with van der Waals surface area (Å²) < 4.78 is 11.3. The standard InChI is InChI=1S/C35H52O12/c1-16-17-8-9-22-32(4)13-20(38)29(35(7,45)23(39)10-11-31(2,3)44)33(32,5)14-24(40)34(22,6)18(17)12-19(37)28(16)47-30-27(43)26(42)25(41)21(15-36)46-30/h8,10-11,18,20-23,25-27,29-30,36,38-39,41-45H,9,12-15H2,1-7H3/b11-10+/t18-,20+,21+,22-,23-,25+,26-,27+,29-,30-,32-,33+,34-,35-/m0/s1. The molecule has 0 unspecified atom stereocenters. The van der Waals surface area contributed by atoms with E-state index in [0.717, 1.165) is 5.57 Å². The van der Waals surface area contributed by atoms with Gasteiger partial charge in [-0.1, -0.05) is 39.0 Å². The van der Waals surface area contributed by atoms with Crippen molar-refractivity contribution in [2.24, 2.45) is 34.0 Å². The highest BCUT2D eigenvalue weighted by Gasteiger charge is 2.74. The second-order valence-corrected chi connectivity index (χ2v) is 16.0. The molecule has 0 aromatic rings. The molecule has 2 saturated carbocycles. The highest BCUT2D eigenvalue weighted by molar-refractivity contribution is 5.99. The minimum Gasteiger partial charge on any atom is -0.458 e. The number of carbonyl (C=O) groups is 2. The van der Waals surface area contributed by atoms with Gasteiger partial charge in [0.1, 0.15) is 36.3 Å². The fraction of sp³-hybridized carbons (Fsp3) is 0.771. The predicted octanol–water partition coefficient (Wildman–Crippen LogP) is 0.424. The Labute approximate surface area is 275 Å². The molecule has 0 amide bonds. The third kappa shape index (κ3) is 5.39. The molecule has 5 rings (SSSR count). The molecule has 0 aromatic heterocycles. The number of aliphatic hydroxyl groups excluding tert-OH is 6. The summed E-state index contributed by atoms with van der Waals surface area (Å²) in [5.41, 5.74) is -4.48. The van der Waals surface area contributed by atoms with Crippen LogP contribution in [0.3, 0.4) is 0 Å². The zero-order chi connectivity index (χ0) is 35.2. The van der Waals surface area contributed by atoms with Crippen LogP contribution < -0.4 is 0 Å². The molecule has 8 N–H and O–H groups in total. The average molecular weight is 665 g/mol. The van der Waals surface area contributed by atoms with Gasteiger partial charge < -0.3 is 50.3 Å². The molecule has 47 heavy (non-hydrogen) atoms. The molecule has 12 nitrogen and oxygen atoms in total. The van der Waals surface area contributed by atoms with E-state index >= 15 is 0 Å². The van der Waals surface area contributed by atoms with Gasteiger partial charge in [-0.3, -0.25) is 9.59 Å². The summed E-state index contributed by atoms with van der Waals surface area (Å²) in [7, 11) is 0. The topological polar surface area (TPSA) is 214 Å². The van der Waals surface area contributed by atoms with E-state index in [9.17, 15) is 50.4 Å². The van der Waals surface area contributed by atoms with E-state index in [-0.39, 0.29) is 36.7 Å². The minimum absolute atomic E-state index is 0.00522. The molecule has 5 aliphatic rings. The lowest BCUT2D eigenvalue weighted by molar-refractivity contribution is -0.291. The van der Waals surface area contributed by atoms with Crippen molar-refractivity contribution in [1.29, 1.82) is 0 Å². The number of fused-ring (bicyclic) bond motifs is 5. The fourth-order valence-electron chi connectivity index (χ4n) is 9.98. The van der Waals surface area contributed by atoms with Gasteiger partial charge in [-0.2, -0.15) is 0 Å². The van der Waals surface area contributed by atoms with Crippen molar-refractivity contribution in [2.45, 2.75) is 128 Å². The third-order valence-corrected chi connectivity index (χ3v) is 12.7. The van der Waals surface area contributed by atoms with Crippen molar-refractivity contribution in [3.05, 3.63) is 35.1 Å². The molecule has 3 fully saturated rings. The van der Waals surface area contributed by atoms with Crippen molar-refractivity contribution in [2.75, 3.05) is 6.61 Å². The maximum Gasteiger partial charge on any atom is 0.229 e. The van der Waals surface area contributed by atoms with E-state index in [1.54, 1.807) is 6.92 Å². The quantitative estimate of drug-likeness (QED) is 0.174. The molecule has 1 aliphatic heterocycles. The maximum absolute atomic E-state index is 14.5. The monoisotopic (exact) mass is 664 g/mol. The molecule has 1 heterocycles. The summed E-state index contributed by atoms with van der Waals surface area (Å²) in [6.45, 7) is 11.4. The molecule has 1 saturated heterocycles. The second kappa shape index (κ2) is 11.8. The number of carbonyl (C=O) groups excluding carboxylic acids is 2. The molecule has 0 bridgehead atoms. The van der Waals surface area contributed by atoms with Crippen LogP contribution in [0, 0.1) is 34.0 Å². The normalized spacial score (nSPS) is 46.0. The Morgan fingerprint density at radius 3 is 2.28 bits per heavy atom. The maximum atomic E-state index is 14.5. The Hall–Kier alpha value is -2.00. The molecule has 0 radical (unpaired) electrons. The van der Waals surface area contributed by atoms with Gasteiger partial charge in [-0.05, 0) is 68.4 Å². The number of hydrogen-bond donors (Lipinski definition) is 8. The molecule has 0 aromatic carbocycles. The van der Waals surface area contributed by atoms with Crippen LogP contribution in [-0.4, -0.2) is 113 Å². The zero-order valence-electron chi connectivity index (χ0n) is 28.3. The lowest BCUT2D eigenvalue weighted by Gasteiger charge is -2.63. The first-order valence-corrected chi connectivity index (χ1v) is 16.5. The van der Waals surface area contributed by atoms with Crippen LogP contribution in [0.2, 0.25) is 0 Å².